The van der Waals surface area contributed by atoms with Crippen molar-refractivity contribution in [1.29, 1.82) is 0 Å². The van der Waals surface area contributed by atoms with Gasteiger partial charge in [-0.05, 0) is 352 Å². The Morgan fingerprint density at radius 3 is 1.46 bits per heavy atom. The summed E-state index contributed by atoms with van der Waals surface area (Å²) >= 11 is 47.4. The van der Waals surface area contributed by atoms with Gasteiger partial charge in [0.25, 0.3) is 0 Å². The molecule has 27 nitrogen and oxygen atoms in total. The molecule has 48 heteroatoms. The first-order valence-corrected chi connectivity index (χ1v) is 54.7. The Labute approximate surface area is 988 Å². The first-order valence-electron chi connectivity index (χ1n) is 42.3. The molecule has 11 aromatic heterocycles. The number of aromatic amines is 1. The van der Waals surface area contributed by atoms with Gasteiger partial charge < -0.3 is 92.1 Å². The smallest absolute Gasteiger partial charge is 0.514 e. The van der Waals surface area contributed by atoms with Crippen LogP contribution in [-0.2, 0) is 42.0 Å². The summed E-state index contributed by atoms with van der Waals surface area (Å²) in [5.74, 6) is -0.826. The number of H-pyrrole nitrogens is 1. The molecule has 0 atom stereocenters. The van der Waals surface area contributed by atoms with Gasteiger partial charge in [0, 0.05) is 134 Å². The number of halogens is 11. The SMILES string of the molecule is C.C.C.C.C.C.C.CCOC(=S)[S-].CN(c1nc2ccc(-c3cc(F)c4nn(C)cc4c3)nc2s1)C1CC(C)(C)NC(C)(C)C1.CN(c1nc2ccc(Br)nc2s1)C1CC(C)(C)NC(C)(C)C1.CN=Cc1cc(B2OC(C)(C)C(C)(C)O2)cc(F)c1N.CNC1CC(C)(C)NC(C)(C)C1.Clc1nc2ccc(Br)nc2s1.Nc1ccc(Br)nc1.Nc1ccc(Br)nc1Cl.O=S(=O)(Cl)Cl.S=c1[nH]c2ccc(Br)nc2s1.[K+]. The van der Waals surface area contributed by atoms with Crippen LogP contribution in [0.3, 0.4) is 0 Å². The van der Waals surface area contributed by atoms with Gasteiger partial charge in [-0.3, -0.25) is 9.67 Å². The quantitative estimate of drug-likeness (QED) is 0.0127. The zero-order valence-electron chi connectivity index (χ0n) is 80.2. The van der Waals surface area contributed by atoms with E-state index in [0.717, 1.165) is 116 Å². The van der Waals surface area contributed by atoms with Gasteiger partial charge in [0.1, 0.15) is 70.2 Å². The molecule has 4 fully saturated rings. The second-order valence-corrected chi connectivity index (χ2v) is 51.2. The number of anilines is 5. The van der Waals surface area contributed by atoms with Crippen LogP contribution >= 0.6 is 194 Å². The van der Waals surface area contributed by atoms with Crippen molar-refractivity contribution in [2.24, 2.45) is 12.0 Å². The van der Waals surface area contributed by atoms with E-state index in [0.29, 0.717) is 66.9 Å². The number of aromatic nitrogens is 12. The monoisotopic (exact) mass is 2560 g/mol. The van der Waals surface area contributed by atoms with Gasteiger partial charge in [0.15, 0.2) is 29.7 Å². The van der Waals surface area contributed by atoms with E-state index < -0.39 is 32.4 Å². The number of benzene rings is 2. The normalized spacial score (nSPS) is 16.1. The maximum Gasteiger partial charge on any atom is 1.00 e. The summed E-state index contributed by atoms with van der Waals surface area (Å²) in [5, 5.41) is 21.8. The molecule has 0 unspecified atom stereocenters. The molecule has 794 valence electrons. The molecule has 11 N–H and O–H groups in total. The molecular formula is C96H141BBr5Cl4F2KN22O5S8. The summed E-state index contributed by atoms with van der Waals surface area (Å²) in [6.45, 7) is 37.5. The van der Waals surface area contributed by atoms with Crippen molar-refractivity contribution in [1.82, 2.24) is 80.9 Å². The molecule has 13 aromatic rings. The number of nitrogens with one attached hydrogen (secondary N) is 5. The molecular weight excluding hydrogens is 2430 g/mol. The third-order valence-corrected chi connectivity index (χ3v) is 28.4. The number of hydrogen-bond donors (Lipinski definition) is 8. The van der Waals surface area contributed by atoms with Gasteiger partial charge in [-0.25, -0.2) is 53.6 Å². The van der Waals surface area contributed by atoms with Crippen molar-refractivity contribution >= 4 is 318 Å². The number of ether oxygens (including phenoxy) is 1. The number of fused-ring (bicyclic) bond motifs is 5. The molecule has 4 aliphatic heterocycles. The average molecular weight is 2570 g/mol. The Balaban J connectivity index is 0.00000164. The summed E-state index contributed by atoms with van der Waals surface area (Å²) in [6.07, 6.45) is 11.7. The molecule has 0 spiro atoms. The molecule has 144 heavy (non-hydrogen) atoms. The predicted octanol–water partition coefficient (Wildman–Crippen LogP) is 25.3. The van der Waals surface area contributed by atoms with Crippen molar-refractivity contribution in [3.63, 3.8) is 0 Å². The maximum atomic E-state index is 14.6. The molecule has 15 heterocycles. The van der Waals surface area contributed by atoms with E-state index >= 15 is 0 Å². The Kier molecular flexibility index (Phi) is 58.6. The Morgan fingerprint density at radius 1 is 0.611 bits per heavy atom. The number of aryl methyl sites for hydroxylation is 1. The van der Waals surface area contributed by atoms with Crippen LogP contribution in [0.15, 0.2) is 137 Å². The third-order valence-electron chi connectivity index (χ3n) is 21.3. The molecule has 4 aliphatic rings. The summed E-state index contributed by atoms with van der Waals surface area (Å²) in [5.41, 5.74) is 24.4. The van der Waals surface area contributed by atoms with Crippen LogP contribution in [0.4, 0.5) is 36.1 Å². The minimum atomic E-state index is -3.72. The average Bonchev–Trinajstić information content (AvgIpc) is 1.60. The number of aliphatic imine (C=N–C) groups is 1. The number of nitrogens with two attached hydrogens (primary N) is 3. The van der Waals surface area contributed by atoms with Gasteiger partial charge >= 0.3 is 66.8 Å². The largest absolute Gasteiger partial charge is 1.00 e. The molecule has 0 amide bonds. The number of nitrogens with zero attached hydrogens (tertiary/aromatic N) is 14. The van der Waals surface area contributed by atoms with Crippen LogP contribution in [0.5, 0.6) is 0 Å². The zero-order valence-corrected chi connectivity index (χ0v) is 101. The standard InChI is InChI=1S/C24H29FN6S.C16H23BrN4S.C14H20BFN2O2.C10H22N2.C6H2BrClN2S.C6H3BrN2S2.C5H4BrClN2.C5H5BrN2.C3H6OS2.7CH4.Cl2O2S.K/c1-23(2)11-16(12-24(3,4)29-23)31(6)22-27-19-8-7-18(26-21(19)32-22)14-9-15-13-30(5)28-20(15)17(25)10-14;1-15(2)8-10(9-16(3,4)20-15)21(5)14-18-11-6-7-12(17)19-13(11)22-14;1-13(2)14(3,4)20-15(19-13)10-6-9(8-18-5)12(17)11(16)7-10;1-9(2)6-8(11-5)7-10(3,4)12-9;7-4-2-1-3-5(10-4)11-6(8)9-3;7-4-2-1-3-5(9-4)11-6(10)8-3;6-4-2-1-3(8)5(7)9-4;6-5-2-1-4(7)3-8-5;1-2-4-3(5)6;;;;;;;;1-5(2,3)4;/h7-10,13,16,29H,11-12H2,1-6H3;6-7,10,20H,8-9H2,1-5H3;6-8H,17H2,1-5H3;8,11-12H,6-7H2,1-5H3;1-2H;1-2H,(H,8,10);1-2H,8H2;1-3H,7H2;2H2,1H3,(H,5,6);7*1H4;;/q;;;;;;;;;;;;;;;;;+1/p-1. The van der Waals surface area contributed by atoms with Gasteiger partial charge in [-0.1, -0.05) is 127 Å². The topological polar surface area (TPSA) is 356 Å². The van der Waals surface area contributed by atoms with Crippen molar-refractivity contribution in [2.75, 3.05) is 61.8 Å². The van der Waals surface area contributed by atoms with Gasteiger partial charge in [-0.2, -0.15) is 13.5 Å². The minimum Gasteiger partial charge on any atom is -0.514 e. The van der Waals surface area contributed by atoms with Crippen LogP contribution in [0.25, 0.3) is 63.5 Å². The molecule has 17 rings (SSSR count). The maximum absolute atomic E-state index is 14.6. The number of piperidine rings is 3. The van der Waals surface area contributed by atoms with Crippen molar-refractivity contribution in [3.8, 4) is 11.3 Å². The van der Waals surface area contributed by atoms with Crippen molar-refractivity contribution < 1.29 is 82.6 Å². The summed E-state index contributed by atoms with van der Waals surface area (Å²) < 4.78 is 70.4. The van der Waals surface area contributed by atoms with E-state index in [-0.39, 0.29) is 152 Å². The van der Waals surface area contributed by atoms with Crippen LogP contribution < -0.4 is 105 Å². The van der Waals surface area contributed by atoms with E-state index in [1.807, 2.05) is 95.4 Å². The number of thiazole rings is 4. The van der Waals surface area contributed by atoms with Crippen LogP contribution in [-0.4, -0.2) is 183 Å². The number of nitrogen functional groups attached to an aromatic ring is 3. The van der Waals surface area contributed by atoms with Crippen molar-refractivity contribution in [3.05, 3.63) is 163 Å². The van der Waals surface area contributed by atoms with E-state index in [4.69, 9.17) is 85.3 Å². The molecule has 0 saturated carbocycles. The van der Waals surface area contributed by atoms with Crippen LogP contribution in [0.2, 0.25) is 9.62 Å². The molecule has 4 saturated heterocycles. The van der Waals surface area contributed by atoms with E-state index in [1.165, 1.54) is 53.9 Å². The Bertz CT molecular complexity index is 6400. The van der Waals surface area contributed by atoms with Gasteiger partial charge in [-0.15, -0.1) is 0 Å². The molecule has 0 bridgehead atoms. The number of thiocarbonyl (C=S) groups is 1. The van der Waals surface area contributed by atoms with Gasteiger partial charge in [0.05, 0.1) is 52.3 Å². The number of pyridine rings is 6. The molecule has 0 aliphatic carbocycles. The fourth-order valence-electron chi connectivity index (χ4n) is 15.9. The third kappa shape index (κ3) is 44.3. The zero-order chi connectivity index (χ0) is 102. The minimum absolute atomic E-state index is 0. The fourth-order valence-corrected chi connectivity index (χ4v) is 22.2. The van der Waals surface area contributed by atoms with Crippen LogP contribution in [0.1, 0.15) is 214 Å². The predicted molar refractivity (Wildman–Crippen MR) is 641 cm³/mol. The second kappa shape index (κ2) is 60.2. The number of rotatable bonds is 9. The van der Waals surface area contributed by atoms with E-state index in [9.17, 15) is 8.78 Å². The van der Waals surface area contributed by atoms with Crippen molar-refractivity contribution in [2.45, 2.75) is 271 Å². The Hall–Kier alpha value is -3.80. The van der Waals surface area contributed by atoms with E-state index in [2.05, 4.69) is 311 Å². The molecule has 0 radical (unpaired) electrons. The van der Waals surface area contributed by atoms with Gasteiger partial charge in [0.2, 0.25) is 0 Å². The summed E-state index contributed by atoms with van der Waals surface area (Å²) in [4.78, 5) is 54.4. The van der Waals surface area contributed by atoms with E-state index in [1.54, 1.807) is 78.0 Å². The fraction of sp³-hybridized carbons (Fsp3) is 0.490. The first-order chi connectivity index (χ1) is 62.9. The number of hydrogen-bond acceptors (Lipinski definition) is 32. The van der Waals surface area contributed by atoms with Crippen LogP contribution in [0, 0.1) is 15.6 Å². The molecule has 2 aromatic carbocycles. The Morgan fingerprint density at radius 2 is 1.03 bits per heavy atom. The summed E-state index contributed by atoms with van der Waals surface area (Å²) in [6, 6.07) is 30.5. The first kappa shape index (κ1) is 140. The second-order valence-electron chi connectivity index (χ2n) is 37.0. The summed E-state index contributed by atoms with van der Waals surface area (Å²) in [7, 11) is 14.0.